The Balaban J connectivity index is 1.32. The standard InChI is InChI=1S/C20H27NO4/c22-19(16-9-4-10-17(12-16)20(23)24)21-13-18(14-21)25-11-5-8-15-6-2-1-3-7-15/h1-3,6-7,16-18H,4-5,8-14H2,(H,23,24). The van der Waals surface area contributed by atoms with Gasteiger partial charge in [-0.2, -0.15) is 0 Å². The minimum absolute atomic E-state index is 0.117. The fourth-order valence-electron chi connectivity index (χ4n) is 3.79. The van der Waals surface area contributed by atoms with Gasteiger partial charge in [0.15, 0.2) is 0 Å². The lowest BCUT2D eigenvalue weighted by atomic mass is 9.80. The van der Waals surface area contributed by atoms with Crippen molar-refractivity contribution >= 4 is 11.9 Å². The van der Waals surface area contributed by atoms with Gasteiger partial charge in [0.25, 0.3) is 0 Å². The molecule has 2 fully saturated rings. The smallest absolute Gasteiger partial charge is 0.306 e. The average Bonchev–Trinajstić information content (AvgIpc) is 2.60. The molecule has 0 radical (unpaired) electrons. The Hall–Kier alpha value is -1.88. The summed E-state index contributed by atoms with van der Waals surface area (Å²) in [7, 11) is 0. The molecule has 2 aliphatic rings. The molecule has 5 nitrogen and oxygen atoms in total. The zero-order chi connectivity index (χ0) is 17.6. The predicted molar refractivity (Wildman–Crippen MR) is 94.2 cm³/mol. The van der Waals surface area contributed by atoms with Crippen molar-refractivity contribution in [2.75, 3.05) is 19.7 Å². The zero-order valence-electron chi connectivity index (χ0n) is 14.6. The summed E-state index contributed by atoms with van der Waals surface area (Å²) < 4.78 is 5.84. The molecule has 25 heavy (non-hydrogen) atoms. The summed E-state index contributed by atoms with van der Waals surface area (Å²) in [5, 5.41) is 9.15. The fourth-order valence-corrected chi connectivity index (χ4v) is 3.79. The van der Waals surface area contributed by atoms with Gasteiger partial charge >= 0.3 is 5.97 Å². The number of ether oxygens (including phenoxy) is 1. The second kappa shape index (κ2) is 8.48. The van der Waals surface area contributed by atoms with Crippen LogP contribution in [0.2, 0.25) is 0 Å². The van der Waals surface area contributed by atoms with Crippen LogP contribution in [0.4, 0.5) is 0 Å². The number of carboxylic acids is 1. The number of rotatable bonds is 7. The Bertz CT molecular complexity index is 583. The van der Waals surface area contributed by atoms with E-state index in [2.05, 4.69) is 12.1 Å². The minimum Gasteiger partial charge on any atom is -0.481 e. The summed E-state index contributed by atoms with van der Waals surface area (Å²) in [5.41, 5.74) is 1.32. The summed E-state index contributed by atoms with van der Waals surface area (Å²) >= 11 is 0. The van der Waals surface area contributed by atoms with Gasteiger partial charge in [0, 0.05) is 25.6 Å². The van der Waals surface area contributed by atoms with Crippen LogP contribution in [-0.4, -0.2) is 47.7 Å². The first kappa shape index (κ1) is 17.9. The van der Waals surface area contributed by atoms with Crippen molar-refractivity contribution in [2.24, 2.45) is 11.8 Å². The van der Waals surface area contributed by atoms with E-state index in [9.17, 15) is 9.59 Å². The number of aliphatic carboxylic acids is 1. The molecule has 1 amide bonds. The van der Waals surface area contributed by atoms with Crippen molar-refractivity contribution in [3.63, 3.8) is 0 Å². The third-order valence-corrected chi connectivity index (χ3v) is 5.34. The highest BCUT2D eigenvalue weighted by atomic mass is 16.5. The molecule has 136 valence electrons. The number of likely N-dealkylation sites (tertiary alicyclic amines) is 1. The van der Waals surface area contributed by atoms with Crippen LogP contribution >= 0.6 is 0 Å². The number of carboxylic acid groups (broad SMARTS) is 1. The van der Waals surface area contributed by atoms with Crippen molar-refractivity contribution in [1.82, 2.24) is 4.90 Å². The monoisotopic (exact) mass is 345 g/mol. The third kappa shape index (κ3) is 4.82. The highest BCUT2D eigenvalue weighted by molar-refractivity contribution is 5.81. The molecule has 1 saturated carbocycles. The number of amides is 1. The molecule has 3 rings (SSSR count). The van der Waals surface area contributed by atoms with Crippen LogP contribution in [-0.2, 0) is 20.7 Å². The fraction of sp³-hybridized carbons (Fsp3) is 0.600. The summed E-state index contributed by atoms with van der Waals surface area (Å²) in [6.07, 6.45) is 4.98. The van der Waals surface area contributed by atoms with Gasteiger partial charge in [0.2, 0.25) is 5.91 Å². The van der Waals surface area contributed by atoms with E-state index in [1.807, 2.05) is 23.1 Å². The van der Waals surface area contributed by atoms with E-state index in [-0.39, 0.29) is 23.8 Å². The van der Waals surface area contributed by atoms with Crippen LogP contribution in [0.25, 0.3) is 0 Å². The lowest BCUT2D eigenvalue weighted by molar-refractivity contribution is -0.153. The largest absolute Gasteiger partial charge is 0.481 e. The van der Waals surface area contributed by atoms with Crippen molar-refractivity contribution in [2.45, 2.75) is 44.6 Å². The SMILES string of the molecule is O=C(O)C1CCCC(C(=O)N2CC(OCCCc3ccccc3)C2)C1. The maximum atomic E-state index is 12.5. The van der Waals surface area contributed by atoms with Crippen LogP contribution in [0.1, 0.15) is 37.7 Å². The molecule has 1 aromatic rings. The lowest BCUT2D eigenvalue weighted by Crippen LogP contribution is -2.56. The molecule has 0 bridgehead atoms. The second-order valence-corrected chi connectivity index (χ2v) is 7.22. The van der Waals surface area contributed by atoms with E-state index in [4.69, 9.17) is 9.84 Å². The molecule has 1 N–H and O–H groups in total. The van der Waals surface area contributed by atoms with Gasteiger partial charge in [-0.3, -0.25) is 9.59 Å². The van der Waals surface area contributed by atoms with Gasteiger partial charge in [-0.25, -0.2) is 0 Å². The van der Waals surface area contributed by atoms with Crippen molar-refractivity contribution in [1.29, 1.82) is 0 Å². The van der Waals surface area contributed by atoms with Gasteiger partial charge < -0.3 is 14.7 Å². The Morgan fingerprint density at radius 1 is 1.12 bits per heavy atom. The normalized spacial score (nSPS) is 23.9. The summed E-state index contributed by atoms with van der Waals surface area (Å²) in [5.74, 6) is -1.11. The van der Waals surface area contributed by atoms with E-state index in [1.54, 1.807) is 0 Å². The first-order valence-electron chi connectivity index (χ1n) is 9.30. The molecule has 1 aliphatic heterocycles. The Kier molecular flexibility index (Phi) is 6.08. The third-order valence-electron chi connectivity index (χ3n) is 5.34. The average molecular weight is 345 g/mol. The predicted octanol–water partition coefficient (Wildman–Crippen LogP) is 2.74. The summed E-state index contributed by atoms with van der Waals surface area (Å²) in [4.78, 5) is 25.4. The Labute approximate surface area is 149 Å². The molecule has 2 atom stereocenters. The van der Waals surface area contributed by atoms with E-state index in [1.165, 1.54) is 5.56 Å². The number of carbonyl (C=O) groups excluding carboxylic acids is 1. The highest BCUT2D eigenvalue weighted by Gasteiger charge is 2.38. The molecule has 0 aromatic heterocycles. The van der Waals surface area contributed by atoms with E-state index in [0.29, 0.717) is 32.5 Å². The number of aryl methyl sites for hydroxylation is 1. The molecule has 1 heterocycles. The number of hydrogen-bond acceptors (Lipinski definition) is 3. The van der Waals surface area contributed by atoms with Crippen LogP contribution in [0.3, 0.4) is 0 Å². The second-order valence-electron chi connectivity index (χ2n) is 7.22. The molecule has 2 unspecified atom stereocenters. The van der Waals surface area contributed by atoms with E-state index < -0.39 is 5.97 Å². The summed E-state index contributed by atoms with van der Waals surface area (Å²) in [6, 6.07) is 10.4. The van der Waals surface area contributed by atoms with Crippen LogP contribution in [0.15, 0.2) is 30.3 Å². The quantitative estimate of drug-likeness (QED) is 0.772. The molecular formula is C20H27NO4. The van der Waals surface area contributed by atoms with E-state index >= 15 is 0 Å². The Morgan fingerprint density at radius 3 is 2.56 bits per heavy atom. The van der Waals surface area contributed by atoms with Gasteiger partial charge in [-0.1, -0.05) is 36.8 Å². The molecule has 1 aromatic carbocycles. The topological polar surface area (TPSA) is 66.8 Å². The molecule has 1 saturated heterocycles. The first-order chi connectivity index (χ1) is 12.1. The molecule has 0 spiro atoms. The van der Waals surface area contributed by atoms with Gasteiger partial charge in [0.05, 0.1) is 12.0 Å². The lowest BCUT2D eigenvalue weighted by Gasteiger charge is -2.41. The maximum Gasteiger partial charge on any atom is 0.306 e. The first-order valence-corrected chi connectivity index (χ1v) is 9.30. The highest BCUT2D eigenvalue weighted by Crippen LogP contribution is 2.31. The van der Waals surface area contributed by atoms with Crippen molar-refractivity contribution in [3.05, 3.63) is 35.9 Å². The van der Waals surface area contributed by atoms with Gasteiger partial charge in [0.1, 0.15) is 0 Å². The number of hydrogen-bond donors (Lipinski definition) is 1. The van der Waals surface area contributed by atoms with Crippen LogP contribution in [0.5, 0.6) is 0 Å². The van der Waals surface area contributed by atoms with E-state index in [0.717, 1.165) is 25.7 Å². The minimum atomic E-state index is -0.763. The van der Waals surface area contributed by atoms with Crippen molar-refractivity contribution < 1.29 is 19.4 Å². The molecular weight excluding hydrogens is 318 g/mol. The maximum absolute atomic E-state index is 12.5. The van der Waals surface area contributed by atoms with Gasteiger partial charge in [-0.15, -0.1) is 0 Å². The Morgan fingerprint density at radius 2 is 1.84 bits per heavy atom. The molecule has 1 aliphatic carbocycles. The van der Waals surface area contributed by atoms with Gasteiger partial charge in [-0.05, 0) is 37.7 Å². The molecule has 5 heteroatoms. The zero-order valence-corrected chi connectivity index (χ0v) is 14.6. The van der Waals surface area contributed by atoms with Crippen LogP contribution < -0.4 is 0 Å². The number of benzene rings is 1. The summed E-state index contributed by atoms with van der Waals surface area (Å²) in [6.45, 7) is 2.02. The number of carbonyl (C=O) groups is 2. The van der Waals surface area contributed by atoms with Crippen molar-refractivity contribution in [3.8, 4) is 0 Å². The van der Waals surface area contributed by atoms with Crippen LogP contribution in [0, 0.1) is 11.8 Å². The number of nitrogens with zero attached hydrogens (tertiary/aromatic N) is 1.